The molecule has 2 heterocycles. The van der Waals surface area contributed by atoms with Crippen LogP contribution in [-0.2, 0) is 15.9 Å². The van der Waals surface area contributed by atoms with Gasteiger partial charge in [0.15, 0.2) is 23.9 Å². The van der Waals surface area contributed by atoms with Crippen molar-refractivity contribution in [3.05, 3.63) is 41.5 Å². The molecule has 11 heteroatoms. The lowest BCUT2D eigenvalue weighted by Crippen LogP contribution is -2.60. The van der Waals surface area contributed by atoms with Crippen LogP contribution in [0, 0.1) is 0 Å². The molecule has 4 rings (SSSR count). The van der Waals surface area contributed by atoms with E-state index in [2.05, 4.69) is 0 Å². The predicted octanol–water partition coefficient (Wildman–Crippen LogP) is -0.630. The number of phenols is 4. The quantitative estimate of drug-likeness (QED) is 0.276. The number of hydrogen-bond donors (Lipinski definition) is 8. The van der Waals surface area contributed by atoms with Crippen LogP contribution in [0.25, 0.3) is 0 Å². The number of aliphatic hydroxyl groups excluding tert-OH is 4. The smallest absolute Gasteiger partial charge is 0.187 e. The van der Waals surface area contributed by atoms with Crippen molar-refractivity contribution in [1.82, 2.24) is 0 Å². The van der Waals surface area contributed by atoms with Crippen LogP contribution in [0.1, 0.15) is 17.2 Å². The van der Waals surface area contributed by atoms with E-state index in [1.54, 1.807) is 0 Å². The number of fused-ring (bicyclic) bond motifs is 1. The molecule has 8 N–H and O–H groups in total. The Labute approximate surface area is 181 Å². The van der Waals surface area contributed by atoms with Crippen LogP contribution in [0.4, 0.5) is 0 Å². The molecule has 2 aliphatic rings. The minimum Gasteiger partial charge on any atom is -0.508 e. The summed E-state index contributed by atoms with van der Waals surface area (Å²) in [6.45, 7) is -0.635. The third-order valence-corrected chi connectivity index (χ3v) is 5.65. The second-order valence-electron chi connectivity index (χ2n) is 7.80. The highest BCUT2D eigenvalue weighted by Crippen LogP contribution is 2.44. The van der Waals surface area contributed by atoms with Crippen molar-refractivity contribution in [2.75, 3.05) is 6.61 Å². The largest absolute Gasteiger partial charge is 0.508 e. The van der Waals surface area contributed by atoms with Crippen LogP contribution in [0.5, 0.6) is 28.7 Å². The average Bonchev–Trinajstić information content (AvgIpc) is 2.76. The standard InChI is InChI=1S/C21H24O11/c22-7-16-17(27)18(28)19(29)21(32-16)31-15-6-10-12(25)4-9(23)5-14(10)30-20(15)8-1-2-11(24)13(26)3-8/h1-5,15-29H,6-7H2/t15-,16-,17-,18+,19-,20+,21+/m1/s1. The number of rotatable bonds is 4. The maximum absolute atomic E-state index is 10.3. The first-order valence-electron chi connectivity index (χ1n) is 9.89. The van der Waals surface area contributed by atoms with Crippen LogP contribution in [-0.4, -0.2) is 84.3 Å². The van der Waals surface area contributed by atoms with Crippen molar-refractivity contribution in [2.45, 2.75) is 49.3 Å². The molecule has 2 aromatic rings. The molecular formula is C21H24O11. The van der Waals surface area contributed by atoms with Gasteiger partial charge in [0.25, 0.3) is 0 Å². The molecule has 174 valence electrons. The Morgan fingerprint density at radius 3 is 2.31 bits per heavy atom. The average molecular weight is 452 g/mol. The van der Waals surface area contributed by atoms with Gasteiger partial charge in [-0.05, 0) is 17.7 Å². The van der Waals surface area contributed by atoms with Gasteiger partial charge in [0.1, 0.15) is 47.8 Å². The third kappa shape index (κ3) is 4.01. The molecular weight excluding hydrogens is 428 g/mol. The van der Waals surface area contributed by atoms with Crippen molar-refractivity contribution >= 4 is 0 Å². The van der Waals surface area contributed by atoms with Crippen molar-refractivity contribution in [2.24, 2.45) is 0 Å². The number of hydrogen-bond acceptors (Lipinski definition) is 11. The molecule has 11 nitrogen and oxygen atoms in total. The van der Waals surface area contributed by atoms with Crippen molar-refractivity contribution in [3.8, 4) is 28.7 Å². The van der Waals surface area contributed by atoms with E-state index < -0.39 is 55.3 Å². The zero-order valence-corrected chi connectivity index (χ0v) is 16.6. The van der Waals surface area contributed by atoms with E-state index in [0.717, 1.165) is 6.07 Å². The molecule has 0 bridgehead atoms. The Morgan fingerprint density at radius 1 is 0.875 bits per heavy atom. The van der Waals surface area contributed by atoms with Crippen molar-refractivity contribution in [1.29, 1.82) is 0 Å². The summed E-state index contributed by atoms with van der Waals surface area (Å²) in [6.07, 6.45) is -9.41. The molecule has 2 aromatic carbocycles. The van der Waals surface area contributed by atoms with E-state index in [4.69, 9.17) is 14.2 Å². The summed E-state index contributed by atoms with van der Waals surface area (Å²) in [4.78, 5) is 0. The fourth-order valence-corrected chi connectivity index (χ4v) is 3.92. The van der Waals surface area contributed by atoms with Gasteiger partial charge in [-0.3, -0.25) is 0 Å². The van der Waals surface area contributed by atoms with Crippen LogP contribution >= 0.6 is 0 Å². The molecule has 0 radical (unpaired) electrons. The first kappa shape index (κ1) is 22.4. The van der Waals surface area contributed by atoms with Gasteiger partial charge in [0.2, 0.25) is 0 Å². The minimum atomic E-state index is -1.66. The lowest BCUT2D eigenvalue weighted by Gasteiger charge is -2.43. The highest BCUT2D eigenvalue weighted by Gasteiger charge is 2.46. The Kier molecular flexibility index (Phi) is 6.03. The van der Waals surface area contributed by atoms with Gasteiger partial charge in [-0.1, -0.05) is 6.07 Å². The minimum absolute atomic E-state index is 0.0166. The lowest BCUT2D eigenvalue weighted by molar-refractivity contribution is -0.317. The van der Waals surface area contributed by atoms with Gasteiger partial charge in [-0.25, -0.2) is 0 Å². The number of aromatic hydroxyl groups is 4. The van der Waals surface area contributed by atoms with Crippen molar-refractivity contribution < 1.29 is 55.1 Å². The summed E-state index contributed by atoms with van der Waals surface area (Å²) in [5.41, 5.74) is 0.667. The fraction of sp³-hybridized carbons (Fsp3) is 0.429. The summed E-state index contributed by atoms with van der Waals surface area (Å²) in [5.74, 6) is -1.10. The van der Waals surface area contributed by atoms with E-state index in [0.29, 0.717) is 11.1 Å². The van der Waals surface area contributed by atoms with E-state index in [1.165, 1.54) is 24.3 Å². The fourth-order valence-electron chi connectivity index (χ4n) is 3.92. The number of aliphatic hydroxyl groups is 4. The Balaban J connectivity index is 1.68. The van der Waals surface area contributed by atoms with Crippen LogP contribution in [0.15, 0.2) is 30.3 Å². The summed E-state index contributed by atoms with van der Waals surface area (Å²) in [7, 11) is 0. The summed E-state index contributed by atoms with van der Waals surface area (Å²) >= 11 is 0. The molecule has 0 aliphatic carbocycles. The SMILES string of the molecule is OC[C@H]1O[C@H](O[C@@H]2Cc3c(O)cc(O)cc3O[C@H]2c2ccc(O)c(O)c2)[C@H](O)[C@@H](O)[C@@H]1O. The molecule has 2 aliphatic heterocycles. The zero-order chi connectivity index (χ0) is 23.2. The second kappa shape index (κ2) is 8.62. The van der Waals surface area contributed by atoms with Gasteiger partial charge < -0.3 is 55.1 Å². The molecule has 0 amide bonds. The maximum Gasteiger partial charge on any atom is 0.187 e. The van der Waals surface area contributed by atoms with Crippen LogP contribution in [0.3, 0.4) is 0 Å². The summed E-state index contributed by atoms with van der Waals surface area (Å²) < 4.78 is 17.2. The van der Waals surface area contributed by atoms with Gasteiger partial charge in [-0.15, -0.1) is 0 Å². The Morgan fingerprint density at radius 2 is 1.62 bits per heavy atom. The number of benzene rings is 2. The third-order valence-electron chi connectivity index (χ3n) is 5.65. The van der Waals surface area contributed by atoms with Gasteiger partial charge in [0, 0.05) is 24.1 Å². The normalized spacial score (nSPS) is 32.2. The topological polar surface area (TPSA) is 190 Å². The van der Waals surface area contributed by atoms with E-state index in [9.17, 15) is 40.9 Å². The van der Waals surface area contributed by atoms with E-state index in [1.807, 2.05) is 0 Å². The zero-order valence-electron chi connectivity index (χ0n) is 16.6. The van der Waals surface area contributed by atoms with Crippen LogP contribution < -0.4 is 4.74 Å². The molecule has 0 spiro atoms. The Hall–Kier alpha value is -2.80. The highest BCUT2D eigenvalue weighted by molar-refractivity contribution is 5.52. The van der Waals surface area contributed by atoms with Gasteiger partial charge >= 0.3 is 0 Å². The molecule has 0 unspecified atom stereocenters. The number of ether oxygens (including phenoxy) is 3. The van der Waals surface area contributed by atoms with E-state index >= 15 is 0 Å². The summed E-state index contributed by atoms with van der Waals surface area (Å²) in [6, 6.07) is 6.38. The Bertz CT molecular complexity index is 978. The molecule has 0 saturated carbocycles. The van der Waals surface area contributed by atoms with Gasteiger partial charge in [0.05, 0.1) is 6.61 Å². The maximum atomic E-state index is 10.3. The van der Waals surface area contributed by atoms with E-state index in [-0.39, 0.29) is 29.4 Å². The molecule has 0 aromatic heterocycles. The monoisotopic (exact) mass is 452 g/mol. The molecule has 32 heavy (non-hydrogen) atoms. The molecule has 1 saturated heterocycles. The number of phenolic OH excluding ortho intramolecular Hbond substituents is 4. The molecule has 1 fully saturated rings. The van der Waals surface area contributed by atoms with Gasteiger partial charge in [-0.2, -0.15) is 0 Å². The summed E-state index contributed by atoms with van der Waals surface area (Å²) in [5, 5.41) is 79.4. The van der Waals surface area contributed by atoms with Crippen LogP contribution in [0.2, 0.25) is 0 Å². The lowest BCUT2D eigenvalue weighted by atomic mass is 9.93. The highest BCUT2D eigenvalue weighted by atomic mass is 16.7. The molecule has 7 atom stereocenters. The van der Waals surface area contributed by atoms with Crippen molar-refractivity contribution in [3.63, 3.8) is 0 Å². The first-order valence-corrected chi connectivity index (χ1v) is 9.89. The second-order valence-corrected chi connectivity index (χ2v) is 7.80. The predicted molar refractivity (Wildman–Crippen MR) is 105 cm³/mol. The first-order chi connectivity index (χ1) is 15.2.